The SMILES string of the molecule is CCOc1ccc(Cc2nc(-c3ccc(OCC(N)=O)cc3)no2)cc1OCC. The fourth-order valence-electron chi connectivity index (χ4n) is 2.68. The van der Waals surface area contributed by atoms with Gasteiger partial charge in [0, 0.05) is 5.56 Å². The largest absolute Gasteiger partial charge is 0.490 e. The number of amides is 1. The number of aromatic nitrogens is 2. The van der Waals surface area contributed by atoms with Gasteiger partial charge >= 0.3 is 0 Å². The molecule has 2 aromatic carbocycles. The predicted octanol–water partition coefficient (Wildman–Crippen LogP) is 2.99. The molecule has 2 N–H and O–H groups in total. The van der Waals surface area contributed by atoms with Crippen molar-refractivity contribution in [3.8, 4) is 28.6 Å². The number of nitrogens with zero attached hydrogens (tertiary/aromatic N) is 2. The van der Waals surface area contributed by atoms with E-state index in [9.17, 15) is 4.79 Å². The lowest BCUT2D eigenvalue weighted by Crippen LogP contribution is -2.19. The lowest BCUT2D eigenvalue weighted by molar-refractivity contribution is -0.119. The summed E-state index contributed by atoms with van der Waals surface area (Å²) < 4.78 is 21.9. The number of primary amides is 1. The van der Waals surface area contributed by atoms with E-state index >= 15 is 0 Å². The second-order valence-corrected chi connectivity index (χ2v) is 6.11. The Morgan fingerprint density at radius 3 is 2.41 bits per heavy atom. The van der Waals surface area contributed by atoms with Crippen LogP contribution in [-0.2, 0) is 11.2 Å². The quantitative estimate of drug-likeness (QED) is 0.560. The average molecular weight is 397 g/mol. The Morgan fingerprint density at radius 2 is 1.72 bits per heavy atom. The van der Waals surface area contributed by atoms with Gasteiger partial charge in [-0.15, -0.1) is 0 Å². The van der Waals surface area contributed by atoms with E-state index in [1.807, 2.05) is 32.0 Å². The van der Waals surface area contributed by atoms with Crippen molar-refractivity contribution in [3.63, 3.8) is 0 Å². The molecule has 8 heteroatoms. The Kier molecular flexibility index (Phi) is 6.67. The van der Waals surface area contributed by atoms with Crippen molar-refractivity contribution >= 4 is 5.91 Å². The molecule has 1 heterocycles. The highest BCUT2D eigenvalue weighted by Gasteiger charge is 2.12. The van der Waals surface area contributed by atoms with Crippen LogP contribution in [0.25, 0.3) is 11.4 Å². The Morgan fingerprint density at radius 1 is 1.00 bits per heavy atom. The highest BCUT2D eigenvalue weighted by Crippen LogP contribution is 2.29. The molecule has 0 saturated carbocycles. The molecule has 0 fully saturated rings. The molecule has 0 unspecified atom stereocenters. The molecule has 152 valence electrons. The summed E-state index contributed by atoms with van der Waals surface area (Å²) in [5.41, 5.74) is 6.81. The standard InChI is InChI=1S/C21H23N3O5/c1-3-26-17-10-5-14(11-18(17)27-4-2)12-20-23-21(24-29-20)15-6-8-16(9-7-15)28-13-19(22)25/h5-11H,3-4,12-13H2,1-2H3,(H2,22,25). The molecule has 0 aliphatic carbocycles. The monoisotopic (exact) mass is 397 g/mol. The van der Waals surface area contributed by atoms with Crippen LogP contribution in [0.1, 0.15) is 25.3 Å². The van der Waals surface area contributed by atoms with Crippen molar-refractivity contribution in [1.82, 2.24) is 10.1 Å². The Bertz CT molecular complexity index is 953. The number of carbonyl (C=O) groups is 1. The van der Waals surface area contributed by atoms with E-state index in [0.29, 0.717) is 48.6 Å². The minimum atomic E-state index is -0.529. The van der Waals surface area contributed by atoms with Crippen LogP contribution in [0.4, 0.5) is 0 Å². The molecule has 8 nitrogen and oxygen atoms in total. The summed E-state index contributed by atoms with van der Waals surface area (Å²) in [6.45, 7) is 4.81. The topological polar surface area (TPSA) is 110 Å². The van der Waals surface area contributed by atoms with Crippen molar-refractivity contribution in [1.29, 1.82) is 0 Å². The number of ether oxygens (including phenoxy) is 3. The molecule has 0 radical (unpaired) electrons. The number of benzene rings is 2. The molecular formula is C21H23N3O5. The summed E-state index contributed by atoms with van der Waals surface area (Å²) in [5, 5.41) is 4.04. The Balaban J connectivity index is 1.70. The summed E-state index contributed by atoms with van der Waals surface area (Å²) in [7, 11) is 0. The van der Waals surface area contributed by atoms with E-state index in [1.54, 1.807) is 24.3 Å². The average Bonchev–Trinajstić information content (AvgIpc) is 3.17. The molecular weight excluding hydrogens is 374 g/mol. The van der Waals surface area contributed by atoms with Crippen LogP contribution in [0, 0.1) is 0 Å². The third kappa shape index (κ3) is 5.47. The third-order valence-electron chi connectivity index (χ3n) is 3.92. The van der Waals surface area contributed by atoms with Gasteiger partial charge in [0.15, 0.2) is 18.1 Å². The van der Waals surface area contributed by atoms with Crippen LogP contribution in [-0.4, -0.2) is 35.9 Å². The van der Waals surface area contributed by atoms with Gasteiger partial charge in [-0.2, -0.15) is 4.98 Å². The van der Waals surface area contributed by atoms with Gasteiger partial charge in [0.1, 0.15) is 5.75 Å². The zero-order valence-corrected chi connectivity index (χ0v) is 16.4. The van der Waals surface area contributed by atoms with Crippen LogP contribution in [0.5, 0.6) is 17.2 Å². The van der Waals surface area contributed by atoms with Crippen molar-refractivity contribution in [2.75, 3.05) is 19.8 Å². The van der Waals surface area contributed by atoms with E-state index in [0.717, 1.165) is 11.1 Å². The van der Waals surface area contributed by atoms with Crippen LogP contribution >= 0.6 is 0 Å². The first-order valence-electron chi connectivity index (χ1n) is 9.31. The minimum absolute atomic E-state index is 0.169. The molecule has 29 heavy (non-hydrogen) atoms. The van der Waals surface area contributed by atoms with Gasteiger partial charge in [0.25, 0.3) is 5.91 Å². The highest BCUT2D eigenvalue weighted by molar-refractivity contribution is 5.75. The summed E-state index contributed by atoms with van der Waals surface area (Å²) >= 11 is 0. The molecule has 0 aliphatic heterocycles. The van der Waals surface area contributed by atoms with Crippen LogP contribution < -0.4 is 19.9 Å². The van der Waals surface area contributed by atoms with Gasteiger partial charge in [-0.3, -0.25) is 4.79 Å². The smallest absolute Gasteiger partial charge is 0.255 e. The minimum Gasteiger partial charge on any atom is -0.490 e. The summed E-state index contributed by atoms with van der Waals surface area (Å²) in [6.07, 6.45) is 0.472. The van der Waals surface area contributed by atoms with E-state index in [-0.39, 0.29) is 6.61 Å². The van der Waals surface area contributed by atoms with E-state index in [4.69, 9.17) is 24.5 Å². The first-order chi connectivity index (χ1) is 14.1. The molecule has 0 bridgehead atoms. The maximum atomic E-state index is 10.8. The fourth-order valence-corrected chi connectivity index (χ4v) is 2.68. The zero-order chi connectivity index (χ0) is 20.6. The number of rotatable bonds is 10. The van der Waals surface area contributed by atoms with Crippen LogP contribution in [0.15, 0.2) is 47.0 Å². The summed E-state index contributed by atoms with van der Waals surface area (Å²) in [5.74, 6) is 2.37. The highest BCUT2D eigenvalue weighted by atomic mass is 16.5. The first-order valence-corrected chi connectivity index (χ1v) is 9.31. The van der Waals surface area contributed by atoms with E-state index < -0.39 is 5.91 Å². The van der Waals surface area contributed by atoms with Crippen LogP contribution in [0.3, 0.4) is 0 Å². The molecule has 1 amide bonds. The normalized spacial score (nSPS) is 10.6. The second-order valence-electron chi connectivity index (χ2n) is 6.11. The third-order valence-corrected chi connectivity index (χ3v) is 3.92. The van der Waals surface area contributed by atoms with Crippen molar-refractivity contribution in [2.45, 2.75) is 20.3 Å². The zero-order valence-electron chi connectivity index (χ0n) is 16.4. The van der Waals surface area contributed by atoms with E-state index in [2.05, 4.69) is 10.1 Å². The Labute approximate surface area is 168 Å². The van der Waals surface area contributed by atoms with Gasteiger partial charge < -0.3 is 24.5 Å². The first kappa shape index (κ1) is 20.2. The molecule has 0 spiro atoms. The number of carbonyl (C=O) groups excluding carboxylic acids is 1. The van der Waals surface area contributed by atoms with Gasteiger partial charge in [-0.1, -0.05) is 11.2 Å². The maximum absolute atomic E-state index is 10.8. The summed E-state index contributed by atoms with van der Waals surface area (Å²) in [6, 6.07) is 12.8. The van der Waals surface area contributed by atoms with Gasteiger partial charge in [0.2, 0.25) is 11.7 Å². The number of nitrogens with two attached hydrogens (primary N) is 1. The maximum Gasteiger partial charge on any atom is 0.255 e. The Hall–Kier alpha value is -3.55. The molecule has 1 aromatic heterocycles. The molecule has 3 rings (SSSR count). The van der Waals surface area contributed by atoms with Gasteiger partial charge in [0.05, 0.1) is 19.6 Å². The van der Waals surface area contributed by atoms with Crippen molar-refractivity contribution in [3.05, 3.63) is 53.9 Å². The molecule has 0 atom stereocenters. The van der Waals surface area contributed by atoms with Crippen molar-refractivity contribution < 1.29 is 23.5 Å². The van der Waals surface area contributed by atoms with Crippen molar-refractivity contribution in [2.24, 2.45) is 5.73 Å². The molecule has 3 aromatic rings. The second kappa shape index (κ2) is 9.59. The lowest BCUT2D eigenvalue weighted by atomic mass is 10.1. The van der Waals surface area contributed by atoms with Gasteiger partial charge in [-0.25, -0.2) is 0 Å². The summed E-state index contributed by atoms with van der Waals surface area (Å²) in [4.78, 5) is 15.2. The predicted molar refractivity (Wildman–Crippen MR) is 106 cm³/mol. The number of hydrogen-bond acceptors (Lipinski definition) is 7. The van der Waals surface area contributed by atoms with Gasteiger partial charge in [-0.05, 0) is 55.8 Å². The number of hydrogen-bond donors (Lipinski definition) is 1. The fraction of sp³-hybridized carbons (Fsp3) is 0.286. The molecule has 0 aliphatic rings. The van der Waals surface area contributed by atoms with Crippen LogP contribution in [0.2, 0.25) is 0 Å². The van der Waals surface area contributed by atoms with E-state index in [1.165, 1.54) is 0 Å². The lowest BCUT2D eigenvalue weighted by Gasteiger charge is -2.11. The molecule has 0 saturated heterocycles.